The zero-order valence-electron chi connectivity index (χ0n) is 11.4. The van der Waals surface area contributed by atoms with Crippen molar-refractivity contribution >= 4 is 0 Å². The standard InChI is InChI=1S/C13H29NO/c1-7-9-11(14-10-8-2)12(15-6)13(3,4)5/h11-12,14H,7-10H2,1-6H3. The first-order valence-corrected chi connectivity index (χ1v) is 6.23. The van der Waals surface area contributed by atoms with Crippen LogP contribution in [0.4, 0.5) is 0 Å². The Labute approximate surface area is 95.8 Å². The summed E-state index contributed by atoms with van der Waals surface area (Å²) in [4.78, 5) is 0. The Bertz CT molecular complexity index is 151. The van der Waals surface area contributed by atoms with Crippen LogP contribution in [0.5, 0.6) is 0 Å². The van der Waals surface area contributed by atoms with Crippen LogP contribution < -0.4 is 5.32 Å². The fourth-order valence-electron chi connectivity index (χ4n) is 2.12. The molecular weight excluding hydrogens is 186 g/mol. The van der Waals surface area contributed by atoms with E-state index in [0.717, 1.165) is 6.54 Å². The normalized spacial score (nSPS) is 16.4. The van der Waals surface area contributed by atoms with Gasteiger partial charge in [-0.2, -0.15) is 0 Å². The average Bonchev–Trinajstić information content (AvgIpc) is 2.13. The zero-order chi connectivity index (χ0) is 11.9. The number of ether oxygens (including phenoxy) is 1. The highest BCUT2D eigenvalue weighted by molar-refractivity contribution is 4.85. The van der Waals surface area contributed by atoms with Gasteiger partial charge in [-0.15, -0.1) is 0 Å². The van der Waals surface area contributed by atoms with Crippen molar-refractivity contribution in [2.75, 3.05) is 13.7 Å². The summed E-state index contributed by atoms with van der Waals surface area (Å²) < 4.78 is 5.66. The van der Waals surface area contributed by atoms with E-state index in [2.05, 4.69) is 39.9 Å². The van der Waals surface area contributed by atoms with Gasteiger partial charge in [-0.1, -0.05) is 41.0 Å². The molecule has 0 aliphatic rings. The van der Waals surface area contributed by atoms with Crippen molar-refractivity contribution < 1.29 is 4.74 Å². The summed E-state index contributed by atoms with van der Waals surface area (Å²) in [5.74, 6) is 0. The Hall–Kier alpha value is -0.0800. The van der Waals surface area contributed by atoms with Gasteiger partial charge in [0.25, 0.3) is 0 Å². The maximum absolute atomic E-state index is 5.66. The molecule has 0 radical (unpaired) electrons. The molecule has 0 aliphatic carbocycles. The fraction of sp³-hybridized carbons (Fsp3) is 1.00. The number of rotatable bonds is 7. The molecule has 0 amide bonds. The van der Waals surface area contributed by atoms with Gasteiger partial charge in [-0.05, 0) is 24.8 Å². The molecule has 2 nitrogen and oxygen atoms in total. The molecule has 0 aromatic rings. The van der Waals surface area contributed by atoms with E-state index in [1.165, 1.54) is 19.3 Å². The van der Waals surface area contributed by atoms with Gasteiger partial charge in [0, 0.05) is 13.2 Å². The van der Waals surface area contributed by atoms with Crippen LogP contribution in [0.25, 0.3) is 0 Å². The van der Waals surface area contributed by atoms with Crippen LogP contribution >= 0.6 is 0 Å². The molecule has 92 valence electrons. The van der Waals surface area contributed by atoms with Gasteiger partial charge in [0.2, 0.25) is 0 Å². The lowest BCUT2D eigenvalue weighted by molar-refractivity contribution is -0.0132. The number of hydrogen-bond acceptors (Lipinski definition) is 2. The third-order valence-corrected chi connectivity index (χ3v) is 2.73. The molecule has 0 aromatic heterocycles. The zero-order valence-corrected chi connectivity index (χ0v) is 11.4. The van der Waals surface area contributed by atoms with Crippen LogP contribution in [-0.2, 0) is 4.74 Å². The average molecular weight is 215 g/mol. The van der Waals surface area contributed by atoms with Crippen molar-refractivity contribution in [1.82, 2.24) is 5.32 Å². The fourth-order valence-corrected chi connectivity index (χ4v) is 2.12. The van der Waals surface area contributed by atoms with E-state index < -0.39 is 0 Å². The molecular formula is C13H29NO. The Morgan fingerprint density at radius 3 is 2.07 bits per heavy atom. The van der Waals surface area contributed by atoms with Crippen molar-refractivity contribution in [2.45, 2.75) is 66.0 Å². The maximum Gasteiger partial charge on any atom is 0.0772 e. The van der Waals surface area contributed by atoms with E-state index in [9.17, 15) is 0 Å². The van der Waals surface area contributed by atoms with Gasteiger partial charge in [0.15, 0.2) is 0 Å². The minimum absolute atomic E-state index is 0.204. The van der Waals surface area contributed by atoms with E-state index in [0.29, 0.717) is 12.1 Å². The maximum atomic E-state index is 5.66. The highest BCUT2D eigenvalue weighted by atomic mass is 16.5. The van der Waals surface area contributed by atoms with Gasteiger partial charge in [-0.25, -0.2) is 0 Å². The summed E-state index contributed by atoms with van der Waals surface area (Å²) in [5, 5.41) is 3.60. The Morgan fingerprint density at radius 1 is 1.13 bits per heavy atom. The van der Waals surface area contributed by atoms with Crippen molar-refractivity contribution in [3.63, 3.8) is 0 Å². The molecule has 0 fully saturated rings. The molecule has 0 bridgehead atoms. The van der Waals surface area contributed by atoms with E-state index >= 15 is 0 Å². The molecule has 0 heterocycles. The predicted octanol–water partition coefficient (Wildman–Crippen LogP) is 3.22. The minimum Gasteiger partial charge on any atom is -0.379 e. The van der Waals surface area contributed by atoms with Crippen molar-refractivity contribution in [2.24, 2.45) is 5.41 Å². The molecule has 2 heteroatoms. The summed E-state index contributed by atoms with van der Waals surface area (Å²) in [6.45, 7) is 12.3. The van der Waals surface area contributed by atoms with E-state index in [1.807, 2.05) is 7.11 Å². The second-order valence-corrected chi connectivity index (χ2v) is 5.37. The van der Waals surface area contributed by atoms with Gasteiger partial charge in [0.05, 0.1) is 6.10 Å². The lowest BCUT2D eigenvalue weighted by Gasteiger charge is -2.36. The number of methoxy groups -OCH3 is 1. The smallest absolute Gasteiger partial charge is 0.0772 e. The summed E-state index contributed by atoms with van der Waals surface area (Å²) in [7, 11) is 1.83. The van der Waals surface area contributed by atoms with Gasteiger partial charge >= 0.3 is 0 Å². The van der Waals surface area contributed by atoms with Gasteiger partial charge in [0.1, 0.15) is 0 Å². The third-order valence-electron chi connectivity index (χ3n) is 2.73. The molecule has 0 saturated carbocycles. The van der Waals surface area contributed by atoms with E-state index in [-0.39, 0.29) is 5.41 Å². The van der Waals surface area contributed by atoms with Gasteiger partial charge in [-0.3, -0.25) is 0 Å². The highest BCUT2D eigenvalue weighted by Gasteiger charge is 2.31. The summed E-state index contributed by atoms with van der Waals surface area (Å²) in [6.07, 6.45) is 3.87. The van der Waals surface area contributed by atoms with Gasteiger partial charge < -0.3 is 10.1 Å². The van der Waals surface area contributed by atoms with Crippen molar-refractivity contribution in [1.29, 1.82) is 0 Å². The number of nitrogens with one attached hydrogen (secondary N) is 1. The third kappa shape index (κ3) is 5.53. The van der Waals surface area contributed by atoms with Crippen LogP contribution in [0, 0.1) is 5.41 Å². The lowest BCUT2D eigenvalue weighted by Crippen LogP contribution is -2.47. The molecule has 0 aromatic carbocycles. The quantitative estimate of drug-likeness (QED) is 0.704. The first-order chi connectivity index (χ1) is 6.97. The molecule has 2 unspecified atom stereocenters. The summed E-state index contributed by atoms with van der Waals surface area (Å²) >= 11 is 0. The topological polar surface area (TPSA) is 21.3 Å². The van der Waals surface area contributed by atoms with E-state index in [4.69, 9.17) is 4.74 Å². The lowest BCUT2D eigenvalue weighted by atomic mass is 9.83. The molecule has 0 aliphatic heterocycles. The Kier molecular flexibility index (Phi) is 7.20. The first kappa shape index (κ1) is 14.9. The Balaban J connectivity index is 4.40. The van der Waals surface area contributed by atoms with Crippen LogP contribution in [0.3, 0.4) is 0 Å². The first-order valence-electron chi connectivity index (χ1n) is 6.23. The second-order valence-electron chi connectivity index (χ2n) is 5.37. The number of hydrogen-bond donors (Lipinski definition) is 1. The summed E-state index contributed by atoms with van der Waals surface area (Å²) in [5.41, 5.74) is 0.204. The monoisotopic (exact) mass is 215 g/mol. The molecule has 1 N–H and O–H groups in total. The Morgan fingerprint density at radius 2 is 1.73 bits per heavy atom. The second kappa shape index (κ2) is 7.24. The molecule has 2 atom stereocenters. The molecule has 0 saturated heterocycles. The highest BCUT2D eigenvalue weighted by Crippen LogP contribution is 2.26. The minimum atomic E-state index is 0.204. The van der Waals surface area contributed by atoms with Crippen LogP contribution in [0.15, 0.2) is 0 Å². The van der Waals surface area contributed by atoms with E-state index in [1.54, 1.807) is 0 Å². The van der Waals surface area contributed by atoms with Crippen molar-refractivity contribution in [3.05, 3.63) is 0 Å². The van der Waals surface area contributed by atoms with Crippen LogP contribution in [-0.4, -0.2) is 25.8 Å². The largest absolute Gasteiger partial charge is 0.379 e. The predicted molar refractivity (Wildman–Crippen MR) is 67.2 cm³/mol. The molecule has 15 heavy (non-hydrogen) atoms. The summed E-state index contributed by atoms with van der Waals surface area (Å²) in [6, 6.07) is 0.486. The SMILES string of the molecule is CCCNC(CCC)C(OC)C(C)(C)C. The molecule has 0 spiro atoms. The van der Waals surface area contributed by atoms with Crippen molar-refractivity contribution in [3.8, 4) is 0 Å². The van der Waals surface area contributed by atoms with Crippen LogP contribution in [0.1, 0.15) is 53.9 Å². The molecule has 0 rings (SSSR count). The van der Waals surface area contributed by atoms with Crippen LogP contribution in [0.2, 0.25) is 0 Å².